The predicted octanol–water partition coefficient (Wildman–Crippen LogP) is 8.48. The van der Waals surface area contributed by atoms with Gasteiger partial charge in [0.25, 0.3) is 0 Å². The number of aliphatic carboxylic acids is 2. The number of anilines is 2. The molecule has 3 unspecified atom stereocenters. The summed E-state index contributed by atoms with van der Waals surface area (Å²) >= 11 is 0. The third kappa shape index (κ3) is 13.8. The molecule has 0 amide bonds. The van der Waals surface area contributed by atoms with Crippen LogP contribution in [0, 0.1) is 11.8 Å². The second kappa shape index (κ2) is 24.6. The van der Waals surface area contributed by atoms with Crippen molar-refractivity contribution in [1.29, 1.82) is 0 Å². The first kappa shape index (κ1) is 50.2. The van der Waals surface area contributed by atoms with E-state index in [1.807, 2.05) is 36.9 Å². The highest BCUT2D eigenvalue weighted by molar-refractivity contribution is 5.77. The zero-order chi connectivity index (χ0) is 48.1. The van der Waals surface area contributed by atoms with Crippen LogP contribution >= 0.6 is 0 Å². The van der Waals surface area contributed by atoms with E-state index in [0.717, 1.165) is 139 Å². The highest BCUT2D eigenvalue weighted by atomic mass is 16.5. The summed E-state index contributed by atoms with van der Waals surface area (Å²) in [6.45, 7) is 11.4. The smallest absolute Gasteiger partial charge is 0.325 e. The molecule has 4 aromatic rings. The Bertz CT molecular complexity index is 2310. The van der Waals surface area contributed by atoms with Gasteiger partial charge in [-0.3, -0.25) is 24.4 Å². The molecule has 8 heterocycles. The van der Waals surface area contributed by atoms with Crippen molar-refractivity contribution in [3.8, 4) is 5.88 Å². The van der Waals surface area contributed by atoms with Crippen LogP contribution in [-0.4, -0.2) is 116 Å². The minimum absolute atomic E-state index is 0.00105. The molecule has 8 rings (SSSR count). The summed E-state index contributed by atoms with van der Waals surface area (Å²) in [5, 5.41) is 27.8. The Balaban J connectivity index is 0.728. The number of hydrogen-bond acceptors (Lipinski definition) is 13. The molecule has 6 atom stereocenters. The van der Waals surface area contributed by atoms with Gasteiger partial charge in [-0.05, 0) is 158 Å². The summed E-state index contributed by atoms with van der Waals surface area (Å²) in [5.41, 5.74) is 6.73. The second-order valence-electron chi connectivity index (χ2n) is 20.0. The van der Waals surface area contributed by atoms with Crippen molar-refractivity contribution >= 4 is 23.6 Å². The number of aryl methyl sites for hydroxylation is 3. The molecule has 4 N–H and O–H groups in total. The molecule has 4 aliphatic rings. The van der Waals surface area contributed by atoms with Crippen LogP contribution in [0.2, 0.25) is 0 Å². The van der Waals surface area contributed by atoms with Crippen LogP contribution in [0.4, 0.5) is 11.6 Å². The first-order valence-electron chi connectivity index (χ1n) is 25.8. The molecule has 15 nitrogen and oxygen atoms in total. The van der Waals surface area contributed by atoms with Crippen molar-refractivity contribution in [3.05, 3.63) is 100 Å². The number of pyridine rings is 4. The fourth-order valence-corrected chi connectivity index (χ4v) is 10.8. The zero-order valence-electron chi connectivity index (χ0n) is 41.0. The topological polar surface area (TPSA) is 184 Å². The number of nitrogens with zero attached hydrogens (tertiary/aromatic N) is 6. The minimum Gasteiger partial charge on any atom is -0.480 e. The summed E-state index contributed by atoms with van der Waals surface area (Å²) < 4.78 is 18.5. The molecule has 0 spiro atoms. The Morgan fingerprint density at radius 3 is 2.25 bits per heavy atom. The number of likely N-dealkylation sites (tertiary alicyclic amines) is 2. The molecule has 15 heteroatoms. The maximum Gasteiger partial charge on any atom is 0.325 e. The molecule has 0 radical (unpaired) electrons. The molecule has 4 aromatic heterocycles. The molecule has 2 fully saturated rings. The number of carbonyl (C=O) groups is 2. The Hall–Kier alpha value is -5.22. The number of nitrogens with one attached hydrogen (secondary N) is 2. The van der Waals surface area contributed by atoms with E-state index in [-0.39, 0.29) is 24.9 Å². The third-order valence-corrected chi connectivity index (χ3v) is 14.3. The lowest BCUT2D eigenvalue weighted by Crippen LogP contribution is -2.34. The summed E-state index contributed by atoms with van der Waals surface area (Å²) in [6, 6.07) is 14.5. The van der Waals surface area contributed by atoms with E-state index in [2.05, 4.69) is 56.7 Å². The fourth-order valence-electron chi connectivity index (χ4n) is 10.8. The number of carboxylic acids is 2. The highest BCUT2D eigenvalue weighted by Gasteiger charge is 2.37. The van der Waals surface area contributed by atoms with Gasteiger partial charge in [0.15, 0.2) is 0 Å². The van der Waals surface area contributed by atoms with E-state index in [1.165, 1.54) is 11.1 Å². The van der Waals surface area contributed by atoms with Crippen molar-refractivity contribution in [3.63, 3.8) is 0 Å². The Labute approximate surface area is 408 Å². The van der Waals surface area contributed by atoms with Gasteiger partial charge in [0.05, 0.1) is 30.6 Å². The van der Waals surface area contributed by atoms with Gasteiger partial charge < -0.3 is 35.1 Å². The number of fused-ring (bicyclic) bond motifs is 2. The fraction of sp³-hybridized carbons (Fsp3) is 0.593. The number of aromatic nitrogens is 4. The second-order valence-corrected chi connectivity index (χ2v) is 20.0. The Morgan fingerprint density at radius 2 is 1.46 bits per heavy atom. The van der Waals surface area contributed by atoms with E-state index >= 15 is 0 Å². The van der Waals surface area contributed by atoms with Gasteiger partial charge in [-0.1, -0.05) is 31.0 Å². The van der Waals surface area contributed by atoms with E-state index in [4.69, 9.17) is 24.2 Å². The van der Waals surface area contributed by atoms with Gasteiger partial charge in [0, 0.05) is 74.2 Å². The van der Waals surface area contributed by atoms with Crippen LogP contribution in [-0.2, 0) is 51.4 Å². The number of hydrogen-bond donors (Lipinski definition) is 4. The zero-order valence-corrected chi connectivity index (χ0v) is 41.0. The van der Waals surface area contributed by atoms with Gasteiger partial charge in [-0.2, -0.15) is 0 Å². The number of carboxylic acid groups (broad SMARTS) is 2. The maximum absolute atomic E-state index is 12.8. The largest absolute Gasteiger partial charge is 0.480 e. The van der Waals surface area contributed by atoms with Crippen molar-refractivity contribution in [2.75, 3.05) is 56.5 Å². The number of unbranched alkanes of at least 4 members (excludes halogenated alkanes) is 3. The van der Waals surface area contributed by atoms with E-state index in [1.54, 1.807) is 18.5 Å². The van der Waals surface area contributed by atoms with Crippen LogP contribution in [0.25, 0.3) is 0 Å². The van der Waals surface area contributed by atoms with E-state index < -0.39 is 24.0 Å². The van der Waals surface area contributed by atoms with Crippen LogP contribution in [0.15, 0.2) is 60.9 Å². The lowest BCUT2D eigenvalue weighted by Gasteiger charge is -2.28. The molecule has 0 aliphatic carbocycles. The van der Waals surface area contributed by atoms with Gasteiger partial charge in [0.2, 0.25) is 5.88 Å². The van der Waals surface area contributed by atoms with Crippen LogP contribution < -0.4 is 15.4 Å². The van der Waals surface area contributed by atoms with Crippen molar-refractivity contribution < 1.29 is 34.0 Å². The van der Waals surface area contributed by atoms with Crippen LogP contribution in [0.5, 0.6) is 5.88 Å². The quantitative estimate of drug-likeness (QED) is 0.0464. The average molecular weight is 947 g/mol. The molecule has 0 aromatic carbocycles. The van der Waals surface area contributed by atoms with Crippen molar-refractivity contribution in [1.82, 2.24) is 29.7 Å². The Morgan fingerprint density at radius 1 is 0.768 bits per heavy atom. The number of rotatable bonds is 25. The normalized spacial score (nSPS) is 20.7. The first-order valence-corrected chi connectivity index (χ1v) is 25.8. The average Bonchev–Trinajstić information content (AvgIpc) is 4.01. The molecule has 69 heavy (non-hydrogen) atoms. The molecule has 0 saturated carbocycles. The van der Waals surface area contributed by atoms with Crippen LogP contribution in [0.3, 0.4) is 0 Å². The van der Waals surface area contributed by atoms with E-state index in [0.29, 0.717) is 54.2 Å². The van der Waals surface area contributed by atoms with Crippen molar-refractivity contribution in [2.45, 2.75) is 148 Å². The summed E-state index contributed by atoms with van der Waals surface area (Å²) in [6.07, 6.45) is 17.2. The number of ether oxygens (including phenoxy) is 3. The molecular weight excluding hydrogens is 873 g/mol. The lowest BCUT2D eigenvalue weighted by atomic mass is 9.91. The van der Waals surface area contributed by atoms with Crippen LogP contribution in [0.1, 0.15) is 136 Å². The van der Waals surface area contributed by atoms with E-state index in [9.17, 15) is 19.8 Å². The van der Waals surface area contributed by atoms with Gasteiger partial charge in [-0.25, -0.2) is 15.0 Å². The molecular formula is C54H74N8O7. The van der Waals surface area contributed by atoms with Crippen molar-refractivity contribution in [2.24, 2.45) is 11.8 Å². The monoisotopic (exact) mass is 947 g/mol. The standard InChI is InChI=1S/C54H74N8O7/c1-36(2)69-52-46(17-11-26-57-52)49(54(65)66)61-27-22-38(33-61)12-5-4-6-14-42-21-19-41-31-39(32-58-51(41)60-42)30-37(3)68-35-47-45(16-10-24-55-47)48(53(63)64)62-28-23-44(34-62)67-29-8-7-15-43-20-18-40-13-9-25-56-50(40)59-43/h10-11,16-21,24,26,36-39,44,48-49H,4-9,12-15,22-23,25,27-35H2,1-3H3,(H,56,59)(H,58,60)(H,63,64)(H,65,66)/t37?,38-,39?,44-,48?,49+/m1/s1. The Kier molecular flexibility index (Phi) is 17.9. The minimum atomic E-state index is -0.885. The molecule has 372 valence electrons. The third-order valence-electron chi connectivity index (χ3n) is 14.3. The lowest BCUT2D eigenvalue weighted by molar-refractivity contribution is -0.144. The summed E-state index contributed by atoms with van der Waals surface area (Å²) in [5.74, 6) is 1.54. The summed E-state index contributed by atoms with van der Waals surface area (Å²) in [7, 11) is 0. The van der Waals surface area contributed by atoms with Gasteiger partial charge in [0.1, 0.15) is 23.7 Å². The highest BCUT2D eigenvalue weighted by Crippen LogP contribution is 2.35. The maximum atomic E-state index is 12.8. The summed E-state index contributed by atoms with van der Waals surface area (Å²) in [4.78, 5) is 48.2. The first-order chi connectivity index (χ1) is 33.6. The molecule has 4 aliphatic heterocycles. The van der Waals surface area contributed by atoms with Gasteiger partial charge in [-0.15, -0.1) is 0 Å². The predicted molar refractivity (Wildman–Crippen MR) is 266 cm³/mol. The molecule has 2 saturated heterocycles. The van der Waals surface area contributed by atoms with Gasteiger partial charge >= 0.3 is 11.9 Å². The molecule has 0 bridgehead atoms. The SMILES string of the molecule is CC(C)Oc1ncccc1[C@@H](C(=O)O)N1CC[C@@H](CCCCCc2ccc3c(n2)NCC(CC(C)OCc2ncccc2C(C(=O)O)N2CC[C@@H](OCCCCc4ccc5c(n4)NCCC5)C2)C3)C1.